The molecule has 2 rings (SSSR count). The van der Waals surface area contributed by atoms with E-state index in [1.807, 2.05) is 6.07 Å². The molecule has 1 aliphatic heterocycles. The molecule has 0 radical (unpaired) electrons. The Morgan fingerprint density at radius 1 is 1.37 bits per heavy atom. The molecule has 0 bridgehead atoms. The Kier molecular flexibility index (Phi) is 4.04. The minimum Gasteiger partial charge on any atom is -0.369 e. The lowest BCUT2D eigenvalue weighted by atomic mass is 9.98. The van der Waals surface area contributed by atoms with Gasteiger partial charge in [-0.3, -0.25) is 0 Å². The van der Waals surface area contributed by atoms with Crippen molar-refractivity contribution in [2.45, 2.75) is 32.7 Å². The highest BCUT2D eigenvalue weighted by molar-refractivity contribution is 5.83. The third-order valence-corrected chi connectivity index (χ3v) is 3.26. The Bertz CT molecular complexity index is 501. The van der Waals surface area contributed by atoms with Crippen LogP contribution in [0.1, 0.15) is 31.4 Å². The molecule has 1 aliphatic rings. The smallest absolute Gasteiger partial charge is 0.211 e. The van der Waals surface area contributed by atoms with E-state index in [-0.39, 0.29) is 5.96 Å². The van der Waals surface area contributed by atoms with Crippen LogP contribution >= 0.6 is 0 Å². The first-order valence-electron chi connectivity index (χ1n) is 6.59. The third-order valence-electron chi connectivity index (χ3n) is 3.26. The molecule has 0 aromatic heterocycles. The molecule has 19 heavy (non-hydrogen) atoms. The van der Waals surface area contributed by atoms with Gasteiger partial charge in [0.15, 0.2) is 0 Å². The third kappa shape index (κ3) is 3.24. The van der Waals surface area contributed by atoms with Gasteiger partial charge in [-0.05, 0) is 49.9 Å². The first-order chi connectivity index (χ1) is 9.08. The Hall–Kier alpha value is -2.04. The number of guanidine groups is 1. The Balaban J connectivity index is 2.24. The lowest BCUT2D eigenvalue weighted by Crippen LogP contribution is -2.35. The normalized spacial score (nSPS) is 14.8. The van der Waals surface area contributed by atoms with E-state index in [0.717, 1.165) is 18.5 Å². The number of nitrogens with two attached hydrogens (primary N) is 2. The molecular formula is C14H21N5. The van der Waals surface area contributed by atoms with Crippen molar-refractivity contribution < 1.29 is 0 Å². The standard InChI is InChI=1S/C14H21N5/c1-10(2)19-7-3-4-12-8-11(5-6-13(12)19)9-17-18-14(15)16/h5-6,8-10H,3-4,7H2,1-2H3,(H4,15,16,18). The fourth-order valence-corrected chi connectivity index (χ4v) is 2.43. The van der Waals surface area contributed by atoms with Gasteiger partial charge in [-0.15, -0.1) is 5.10 Å². The monoisotopic (exact) mass is 259 g/mol. The molecule has 5 heteroatoms. The summed E-state index contributed by atoms with van der Waals surface area (Å²) >= 11 is 0. The number of hydrogen-bond donors (Lipinski definition) is 2. The van der Waals surface area contributed by atoms with Crippen LogP contribution in [0.4, 0.5) is 5.69 Å². The van der Waals surface area contributed by atoms with E-state index >= 15 is 0 Å². The molecule has 0 atom stereocenters. The Morgan fingerprint density at radius 3 is 2.84 bits per heavy atom. The molecule has 0 spiro atoms. The van der Waals surface area contributed by atoms with Crippen molar-refractivity contribution in [3.63, 3.8) is 0 Å². The number of anilines is 1. The fraction of sp³-hybridized carbons (Fsp3) is 0.429. The van der Waals surface area contributed by atoms with Crippen LogP contribution in [0.15, 0.2) is 28.4 Å². The summed E-state index contributed by atoms with van der Waals surface area (Å²) in [4.78, 5) is 2.44. The average molecular weight is 259 g/mol. The zero-order valence-electron chi connectivity index (χ0n) is 11.5. The summed E-state index contributed by atoms with van der Waals surface area (Å²) < 4.78 is 0. The van der Waals surface area contributed by atoms with Crippen molar-refractivity contribution in [3.8, 4) is 0 Å². The summed E-state index contributed by atoms with van der Waals surface area (Å²) in [5.74, 6) is -0.0276. The van der Waals surface area contributed by atoms with Gasteiger partial charge in [-0.1, -0.05) is 6.07 Å². The van der Waals surface area contributed by atoms with Gasteiger partial charge in [0.05, 0.1) is 6.21 Å². The van der Waals surface area contributed by atoms with Crippen LogP contribution in [-0.4, -0.2) is 24.8 Å². The van der Waals surface area contributed by atoms with E-state index in [0.29, 0.717) is 6.04 Å². The van der Waals surface area contributed by atoms with Crippen LogP contribution in [-0.2, 0) is 6.42 Å². The summed E-state index contributed by atoms with van der Waals surface area (Å²) in [6, 6.07) is 6.90. The second kappa shape index (κ2) is 5.73. The van der Waals surface area contributed by atoms with Gasteiger partial charge in [0.1, 0.15) is 0 Å². The van der Waals surface area contributed by atoms with Gasteiger partial charge >= 0.3 is 0 Å². The van der Waals surface area contributed by atoms with Crippen LogP contribution in [0.25, 0.3) is 0 Å². The topological polar surface area (TPSA) is 80.0 Å². The van der Waals surface area contributed by atoms with Crippen molar-refractivity contribution in [1.82, 2.24) is 0 Å². The van der Waals surface area contributed by atoms with E-state index in [2.05, 4.69) is 41.1 Å². The van der Waals surface area contributed by atoms with Crippen molar-refractivity contribution in [1.29, 1.82) is 0 Å². The Morgan fingerprint density at radius 2 is 2.16 bits per heavy atom. The van der Waals surface area contributed by atoms with Gasteiger partial charge < -0.3 is 16.4 Å². The molecule has 0 fully saturated rings. The first kappa shape index (κ1) is 13.4. The minimum atomic E-state index is -0.0276. The van der Waals surface area contributed by atoms with Gasteiger partial charge in [0.2, 0.25) is 5.96 Å². The molecule has 0 saturated carbocycles. The zero-order valence-corrected chi connectivity index (χ0v) is 11.5. The molecule has 5 nitrogen and oxygen atoms in total. The van der Waals surface area contributed by atoms with E-state index in [1.54, 1.807) is 6.21 Å². The van der Waals surface area contributed by atoms with E-state index < -0.39 is 0 Å². The zero-order chi connectivity index (χ0) is 13.8. The molecule has 0 saturated heterocycles. The van der Waals surface area contributed by atoms with Crippen LogP contribution in [0.5, 0.6) is 0 Å². The van der Waals surface area contributed by atoms with Crippen molar-refractivity contribution in [3.05, 3.63) is 29.3 Å². The maximum atomic E-state index is 5.23. The quantitative estimate of drug-likeness (QED) is 0.490. The predicted molar refractivity (Wildman–Crippen MR) is 80.6 cm³/mol. The molecule has 1 aromatic rings. The highest BCUT2D eigenvalue weighted by atomic mass is 15.3. The minimum absolute atomic E-state index is 0.0276. The highest BCUT2D eigenvalue weighted by Crippen LogP contribution is 2.29. The molecule has 102 valence electrons. The number of aryl methyl sites for hydroxylation is 1. The molecule has 0 unspecified atom stereocenters. The number of benzene rings is 1. The van der Waals surface area contributed by atoms with E-state index in [9.17, 15) is 0 Å². The summed E-state index contributed by atoms with van der Waals surface area (Å²) in [6.45, 7) is 5.58. The van der Waals surface area contributed by atoms with Gasteiger partial charge in [0.25, 0.3) is 0 Å². The average Bonchev–Trinajstić information content (AvgIpc) is 2.37. The summed E-state index contributed by atoms with van der Waals surface area (Å²) in [5.41, 5.74) is 14.2. The van der Waals surface area contributed by atoms with Crippen LogP contribution < -0.4 is 16.4 Å². The van der Waals surface area contributed by atoms with Crippen molar-refractivity contribution in [2.75, 3.05) is 11.4 Å². The molecule has 1 heterocycles. The van der Waals surface area contributed by atoms with Crippen molar-refractivity contribution >= 4 is 17.9 Å². The molecule has 0 aliphatic carbocycles. The van der Waals surface area contributed by atoms with Crippen molar-refractivity contribution in [2.24, 2.45) is 21.7 Å². The SMILES string of the molecule is CC(C)N1CCCc2cc(C=NN=C(N)N)ccc21. The molecule has 4 N–H and O–H groups in total. The summed E-state index contributed by atoms with van der Waals surface area (Å²) in [7, 11) is 0. The predicted octanol–water partition coefficient (Wildman–Crippen LogP) is 1.45. The second-order valence-corrected chi connectivity index (χ2v) is 5.05. The molecular weight excluding hydrogens is 238 g/mol. The summed E-state index contributed by atoms with van der Waals surface area (Å²) in [6.07, 6.45) is 3.98. The largest absolute Gasteiger partial charge is 0.369 e. The number of hydrogen-bond acceptors (Lipinski definition) is 3. The second-order valence-electron chi connectivity index (χ2n) is 5.05. The Labute approximate surface area is 114 Å². The first-order valence-corrected chi connectivity index (χ1v) is 6.59. The maximum absolute atomic E-state index is 5.23. The van der Waals surface area contributed by atoms with Crippen LogP contribution in [0.2, 0.25) is 0 Å². The fourth-order valence-electron chi connectivity index (χ4n) is 2.43. The number of nitrogens with zero attached hydrogens (tertiary/aromatic N) is 3. The highest BCUT2D eigenvalue weighted by Gasteiger charge is 2.18. The van der Waals surface area contributed by atoms with Crippen LogP contribution in [0.3, 0.4) is 0 Å². The van der Waals surface area contributed by atoms with Crippen LogP contribution in [0, 0.1) is 0 Å². The number of fused-ring (bicyclic) bond motifs is 1. The molecule has 1 aromatic carbocycles. The lowest BCUT2D eigenvalue weighted by molar-refractivity contribution is 0.625. The van der Waals surface area contributed by atoms with E-state index in [4.69, 9.17) is 11.5 Å². The van der Waals surface area contributed by atoms with Gasteiger partial charge in [-0.25, -0.2) is 0 Å². The van der Waals surface area contributed by atoms with Gasteiger partial charge in [-0.2, -0.15) is 5.10 Å². The lowest BCUT2D eigenvalue weighted by Gasteiger charge is -2.34. The van der Waals surface area contributed by atoms with Gasteiger partial charge in [0, 0.05) is 18.3 Å². The van der Waals surface area contributed by atoms with E-state index in [1.165, 1.54) is 17.7 Å². The number of rotatable bonds is 3. The summed E-state index contributed by atoms with van der Waals surface area (Å²) in [5, 5.41) is 7.45. The molecule has 0 amide bonds. The maximum Gasteiger partial charge on any atom is 0.211 e.